The van der Waals surface area contributed by atoms with E-state index >= 15 is 0 Å². The minimum Gasteiger partial charge on any atom is -0.744 e. The maximum atomic E-state index is 11.2. The fourth-order valence-electron chi connectivity index (χ4n) is 2.17. The zero-order valence-electron chi connectivity index (χ0n) is 12.1. The van der Waals surface area contributed by atoms with Crippen molar-refractivity contribution in [3.63, 3.8) is 0 Å². The molecule has 102 valence electrons. The van der Waals surface area contributed by atoms with Crippen LogP contribution >= 0.6 is 0 Å². The molecule has 1 unspecified atom stereocenters. The summed E-state index contributed by atoms with van der Waals surface area (Å²) in [7, 11) is -4.36. The number of hydrogen-bond donors (Lipinski definition) is 0. The van der Waals surface area contributed by atoms with E-state index in [1.165, 1.54) is 6.07 Å². The molecular weight excluding hydrogens is 271 g/mol. The van der Waals surface area contributed by atoms with Crippen LogP contribution in [0.4, 0.5) is 0 Å². The van der Waals surface area contributed by atoms with Crippen LogP contribution in [0.3, 0.4) is 0 Å². The average molecular weight is 292 g/mol. The van der Waals surface area contributed by atoms with Gasteiger partial charge in [-0.25, -0.2) is 8.42 Å². The summed E-state index contributed by atoms with van der Waals surface area (Å²) in [6.07, 6.45) is 5.05. The Morgan fingerprint density at radius 3 is 2.37 bits per heavy atom. The third-order valence-electron chi connectivity index (χ3n) is 3.29. The molecule has 0 saturated heterocycles. The zero-order valence-corrected chi connectivity index (χ0v) is 14.9. The van der Waals surface area contributed by atoms with E-state index in [-0.39, 0.29) is 34.5 Å². The van der Waals surface area contributed by atoms with Crippen LogP contribution in [0.5, 0.6) is 0 Å². The number of rotatable bonds is 7. The van der Waals surface area contributed by atoms with E-state index in [9.17, 15) is 13.0 Å². The Kier molecular flexibility index (Phi) is 9.20. The van der Waals surface area contributed by atoms with E-state index in [4.69, 9.17) is 0 Å². The SMILES string of the molecule is CCCCC(CC)Cc1ccccc1S(=O)(=O)[O-].[Na+]. The van der Waals surface area contributed by atoms with E-state index in [2.05, 4.69) is 13.8 Å². The third-order valence-corrected chi connectivity index (χ3v) is 4.23. The van der Waals surface area contributed by atoms with E-state index < -0.39 is 10.1 Å². The Labute approximate surface area is 138 Å². The molecule has 0 aliphatic carbocycles. The van der Waals surface area contributed by atoms with Crippen molar-refractivity contribution >= 4 is 10.1 Å². The van der Waals surface area contributed by atoms with Crippen LogP contribution in [0, 0.1) is 5.92 Å². The van der Waals surface area contributed by atoms with Crippen LogP contribution in [0.1, 0.15) is 45.1 Å². The van der Waals surface area contributed by atoms with Gasteiger partial charge in [-0.3, -0.25) is 0 Å². The van der Waals surface area contributed by atoms with Gasteiger partial charge in [0.15, 0.2) is 0 Å². The summed E-state index contributed by atoms with van der Waals surface area (Å²) in [6.45, 7) is 4.25. The summed E-state index contributed by atoms with van der Waals surface area (Å²) in [4.78, 5) is -0.0556. The van der Waals surface area contributed by atoms with E-state index in [0.29, 0.717) is 17.9 Å². The second-order valence-electron chi connectivity index (χ2n) is 4.68. The maximum Gasteiger partial charge on any atom is 1.00 e. The van der Waals surface area contributed by atoms with Crippen molar-refractivity contribution in [2.24, 2.45) is 5.92 Å². The van der Waals surface area contributed by atoms with E-state index in [1.54, 1.807) is 18.2 Å². The minimum atomic E-state index is -4.36. The fraction of sp³-hybridized carbons (Fsp3) is 0.571. The van der Waals surface area contributed by atoms with Gasteiger partial charge in [-0.15, -0.1) is 0 Å². The van der Waals surface area contributed by atoms with Gasteiger partial charge in [0.05, 0.1) is 4.90 Å². The van der Waals surface area contributed by atoms with Gasteiger partial charge in [0, 0.05) is 0 Å². The molecule has 0 heterocycles. The number of benzene rings is 1. The van der Waals surface area contributed by atoms with Gasteiger partial charge in [0.2, 0.25) is 0 Å². The van der Waals surface area contributed by atoms with Gasteiger partial charge < -0.3 is 4.55 Å². The number of hydrogen-bond acceptors (Lipinski definition) is 3. The summed E-state index contributed by atoms with van der Waals surface area (Å²) in [5.41, 5.74) is 0.662. The fourth-order valence-corrected chi connectivity index (χ4v) is 2.89. The molecule has 0 aromatic heterocycles. The summed E-state index contributed by atoms with van der Waals surface area (Å²) >= 11 is 0. The molecule has 0 aliphatic rings. The van der Waals surface area contributed by atoms with Gasteiger partial charge in [-0.05, 0) is 24.0 Å². The van der Waals surface area contributed by atoms with E-state index in [1.807, 2.05) is 0 Å². The van der Waals surface area contributed by atoms with Crippen molar-refractivity contribution in [2.75, 3.05) is 0 Å². The molecule has 0 bridgehead atoms. The summed E-state index contributed by atoms with van der Waals surface area (Å²) < 4.78 is 33.5. The molecule has 0 radical (unpaired) electrons. The molecular formula is C14H21NaO3S. The van der Waals surface area contributed by atoms with Gasteiger partial charge in [-0.2, -0.15) is 0 Å². The van der Waals surface area contributed by atoms with Crippen LogP contribution in [-0.2, 0) is 16.5 Å². The second kappa shape index (κ2) is 9.14. The van der Waals surface area contributed by atoms with Gasteiger partial charge in [-0.1, -0.05) is 57.7 Å². The normalized spacial score (nSPS) is 12.8. The second-order valence-corrected chi connectivity index (χ2v) is 6.03. The summed E-state index contributed by atoms with van der Waals surface area (Å²) in [5.74, 6) is 0.452. The van der Waals surface area contributed by atoms with Gasteiger partial charge >= 0.3 is 29.6 Å². The topological polar surface area (TPSA) is 57.2 Å². The Morgan fingerprint density at radius 2 is 1.84 bits per heavy atom. The van der Waals surface area contributed by atoms with Crippen molar-refractivity contribution in [1.29, 1.82) is 0 Å². The molecule has 0 spiro atoms. The molecule has 5 heteroatoms. The van der Waals surface area contributed by atoms with Crippen molar-refractivity contribution in [2.45, 2.75) is 50.8 Å². The van der Waals surface area contributed by atoms with Crippen molar-refractivity contribution in [1.82, 2.24) is 0 Å². The van der Waals surface area contributed by atoms with E-state index in [0.717, 1.165) is 25.7 Å². The third kappa shape index (κ3) is 6.41. The largest absolute Gasteiger partial charge is 1.00 e. The molecule has 1 atom stereocenters. The molecule has 3 nitrogen and oxygen atoms in total. The Morgan fingerprint density at radius 1 is 1.21 bits per heavy atom. The summed E-state index contributed by atoms with van der Waals surface area (Å²) in [5, 5.41) is 0. The van der Waals surface area contributed by atoms with Gasteiger partial charge in [0.1, 0.15) is 10.1 Å². The molecule has 1 aromatic rings. The van der Waals surface area contributed by atoms with Gasteiger partial charge in [0.25, 0.3) is 0 Å². The Bertz CT molecular complexity index is 471. The summed E-state index contributed by atoms with van der Waals surface area (Å²) in [6, 6.07) is 6.54. The van der Waals surface area contributed by atoms with Crippen LogP contribution in [0.25, 0.3) is 0 Å². The molecule has 1 rings (SSSR count). The van der Waals surface area contributed by atoms with Crippen molar-refractivity contribution < 1.29 is 42.5 Å². The molecule has 0 N–H and O–H groups in total. The van der Waals surface area contributed by atoms with Crippen LogP contribution < -0.4 is 29.6 Å². The first-order valence-corrected chi connectivity index (χ1v) is 7.93. The van der Waals surface area contributed by atoms with Crippen LogP contribution in [0.2, 0.25) is 0 Å². The first-order valence-electron chi connectivity index (χ1n) is 6.52. The predicted molar refractivity (Wildman–Crippen MR) is 71.4 cm³/mol. The molecule has 1 aromatic carbocycles. The smallest absolute Gasteiger partial charge is 0.744 e. The standard InChI is InChI=1S/C14H22O3S.Na/c1-3-5-8-12(4-2)11-13-9-6-7-10-14(13)18(15,16)17;/h6-7,9-10,12H,3-5,8,11H2,1-2H3,(H,15,16,17);/q;+1/p-1. The van der Waals surface area contributed by atoms with Crippen LogP contribution in [-0.4, -0.2) is 13.0 Å². The number of unbranched alkanes of at least 4 members (excludes halogenated alkanes) is 1. The average Bonchev–Trinajstić information content (AvgIpc) is 2.33. The maximum absolute atomic E-state index is 11.2. The minimum absolute atomic E-state index is 0. The quantitative estimate of drug-likeness (QED) is 0.538. The zero-order chi connectivity index (χ0) is 13.6. The molecule has 0 amide bonds. The monoisotopic (exact) mass is 292 g/mol. The Balaban J connectivity index is 0.00000324. The van der Waals surface area contributed by atoms with Crippen LogP contribution in [0.15, 0.2) is 29.2 Å². The molecule has 0 aliphatic heterocycles. The molecule has 19 heavy (non-hydrogen) atoms. The van der Waals surface area contributed by atoms with Crippen molar-refractivity contribution in [3.05, 3.63) is 29.8 Å². The predicted octanol–water partition coefficient (Wildman–Crippen LogP) is 0.354. The molecule has 0 saturated carbocycles. The van der Waals surface area contributed by atoms with Crippen molar-refractivity contribution in [3.8, 4) is 0 Å². The Hall–Kier alpha value is 0.130. The molecule has 0 fully saturated rings. The first-order chi connectivity index (χ1) is 8.49. The first kappa shape index (κ1) is 19.1.